The maximum absolute atomic E-state index is 13.2. The van der Waals surface area contributed by atoms with Gasteiger partial charge in [-0.05, 0) is 55.2 Å². The molecule has 148 valence electrons. The molecule has 5 nitrogen and oxygen atoms in total. The molecule has 0 saturated heterocycles. The molecule has 1 atom stereocenters. The minimum Gasteiger partial charge on any atom is -0.311 e. The van der Waals surface area contributed by atoms with E-state index in [-0.39, 0.29) is 10.8 Å². The van der Waals surface area contributed by atoms with Gasteiger partial charge in [0.15, 0.2) is 0 Å². The van der Waals surface area contributed by atoms with Crippen LogP contribution in [0.1, 0.15) is 36.0 Å². The Bertz CT molecular complexity index is 1080. The lowest BCUT2D eigenvalue weighted by Gasteiger charge is -2.26. The molecule has 0 fully saturated rings. The van der Waals surface area contributed by atoms with Gasteiger partial charge in [0, 0.05) is 6.54 Å². The van der Waals surface area contributed by atoms with Crippen LogP contribution in [0.15, 0.2) is 41.3 Å². The van der Waals surface area contributed by atoms with Crippen molar-refractivity contribution in [1.29, 1.82) is 0 Å². The molecule has 0 spiro atoms. The Kier molecular flexibility index (Phi) is 4.18. The van der Waals surface area contributed by atoms with Gasteiger partial charge in [-0.3, -0.25) is 9.52 Å². The smallest absolute Gasteiger partial charge is 0.311 e. The summed E-state index contributed by atoms with van der Waals surface area (Å²) >= 11 is 0. The first-order valence-corrected chi connectivity index (χ1v) is 10.2. The van der Waals surface area contributed by atoms with E-state index in [0.717, 1.165) is 23.4 Å². The predicted molar refractivity (Wildman–Crippen MR) is 97.8 cm³/mol. The minimum atomic E-state index is -4.69. The van der Waals surface area contributed by atoms with Crippen LogP contribution in [0, 0.1) is 0 Å². The van der Waals surface area contributed by atoms with Gasteiger partial charge in [0.1, 0.15) is 0 Å². The fourth-order valence-electron chi connectivity index (χ4n) is 3.84. The fourth-order valence-corrected chi connectivity index (χ4v) is 5.01. The second-order valence-corrected chi connectivity index (χ2v) is 8.67. The Hall–Kier alpha value is -2.55. The summed E-state index contributed by atoms with van der Waals surface area (Å²) in [6, 6.07) is 7.27. The van der Waals surface area contributed by atoms with Crippen molar-refractivity contribution in [3.8, 4) is 0 Å². The number of benzene rings is 2. The summed E-state index contributed by atoms with van der Waals surface area (Å²) < 4.78 is 67.4. The number of aryl methyl sites for hydroxylation is 1. The van der Waals surface area contributed by atoms with Crippen LogP contribution in [0.25, 0.3) is 0 Å². The largest absolute Gasteiger partial charge is 0.418 e. The number of nitrogens with one attached hydrogen (secondary N) is 1. The number of carbonyl (C=O) groups excluding carboxylic acids is 1. The van der Waals surface area contributed by atoms with E-state index in [4.69, 9.17) is 0 Å². The van der Waals surface area contributed by atoms with Crippen LogP contribution >= 0.6 is 0 Å². The first kappa shape index (κ1) is 18.8. The summed E-state index contributed by atoms with van der Waals surface area (Å²) in [6.07, 6.45) is -3.37. The van der Waals surface area contributed by atoms with Crippen LogP contribution in [0.2, 0.25) is 0 Å². The van der Waals surface area contributed by atoms with Crippen molar-refractivity contribution in [2.45, 2.75) is 36.8 Å². The van der Waals surface area contributed by atoms with Crippen LogP contribution in [-0.4, -0.2) is 20.9 Å². The van der Waals surface area contributed by atoms with Gasteiger partial charge in [-0.25, -0.2) is 8.42 Å². The van der Waals surface area contributed by atoms with Gasteiger partial charge in [0.25, 0.3) is 10.0 Å². The number of para-hydroxylation sites is 1. The number of rotatable bonds is 3. The SMILES string of the molecule is C[C@H]1C(=O)N2CCCc3cc(S(=O)(=O)Nc4ccccc4C(F)(F)F)cc1c32. The molecule has 1 amide bonds. The molecule has 28 heavy (non-hydrogen) atoms. The van der Waals surface area contributed by atoms with E-state index in [1.54, 1.807) is 11.8 Å². The van der Waals surface area contributed by atoms with E-state index < -0.39 is 33.4 Å². The van der Waals surface area contributed by atoms with Gasteiger partial charge < -0.3 is 4.90 Å². The minimum absolute atomic E-state index is 0.0825. The molecule has 9 heteroatoms. The lowest BCUT2D eigenvalue weighted by molar-refractivity contribution is -0.136. The van der Waals surface area contributed by atoms with Gasteiger partial charge in [0.05, 0.1) is 27.8 Å². The molecule has 0 radical (unpaired) electrons. The molecule has 2 aliphatic rings. The summed E-state index contributed by atoms with van der Waals surface area (Å²) in [4.78, 5) is 14.0. The van der Waals surface area contributed by atoms with Crippen molar-refractivity contribution < 1.29 is 26.4 Å². The average Bonchev–Trinajstić information content (AvgIpc) is 2.88. The van der Waals surface area contributed by atoms with Crippen LogP contribution in [0.3, 0.4) is 0 Å². The van der Waals surface area contributed by atoms with Crippen LogP contribution < -0.4 is 9.62 Å². The molecule has 0 aliphatic carbocycles. The molecule has 4 rings (SSSR count). The van der Waals surface area contributed by atoms with Crippen LogP contribution in [-0.2, 0) is 27.4 Å². The number of amides is 1. The second kappa shape index (κ2) is 6.23. The first-order valence-electron chi connectivity index (χ1n) is 8.77. The molecular formula is C19H17F3N2O3S. The monoisotopic (exact) mass is 410 g/mol. The predicted octanol–water partition coefficient (Wildman–Crippen LogP) is 3.90. The van der Waals surface area contributed by atoms with Gasteiger partial charge in [-0.2, -0.15) is 13.2 Å². The average molecular weight is 410 g/mol. The highest BCUT2D eigenvalue weighted by atomic mass is 32.2. The molecule has 0 bridgehead atoms. The number of anilines is 2. The quantitative estimate of drug-likeness (QED) is 0.835. The van der Waals surface area contributed by atoms with Crippen LogP contribution in [0.4, 0.5) is 24.5 Å². The molecule has 0 unspecified atom stereocenters. The van der Waals surface area contributed by atoms with E-state index in [1.165, 1.54) is 24.3 Å². The molecule has 2 heterocycles. The summed E-state index contributed by atoms with van der Waals surface area (Å²) in [6.45, 7) is 2.30. The summed E-state index contributed by atoms with van der Waals surface area (Å²) in [5.41, 5.74) is 0.488. The standard InChI is InChI=1S/C19H17F3N2O3S/c1-11-14-10-13(9-12-5-4-8-24(17(12)14)18(11)25)28(26,27)23-16-7-3-2-6-15(16)19(20,21)22/h2-3,6-7,9-11,23H,4-5,8H2,1H3/t11-/m1/s1. The summed E-state index contributed by atoms with van der Waals surface area (Å²) in [5, 5.41) is 0. The fraction of sp³-hybridized carbons (Fsp3) is 0.316. The highest BCUT2D eigenvalue weighted by Gasteiger charge is 2.39. The van der Waals surface area contributed by atoms with Crippen LogP contribution in [0.5, 0.6) is 0 Å². The number of sulfonamides is 1. The first-order chi connectivity index (χ1) is 13.1. The Morgan fingerprint density at radius 1 is 1.18 bits per heavy atom. The van der Waals surface area contributed by atoms with Gasteiger partial charge in [-0.15, -0.1) is 0 Å². The zero-order valence-electron chi connectivity index (χ0n) is 14.9. The molecule has 2 aromatic carbocycles. The second-order valence-electron chi connectivity index (χ2n) is 6.98. The molecule has 0 saturated carbocycles. The maximum Gasteiger partial charge on any atom is 0.418 e. The van der Waals surface area contributed by atoms with Gasteiger partial charge in [0.2, 0.25) is 5.91 Å². The number of hydrogen-bond acceptors (Lipinski definition) is 3. The molecular weight excluding hydrogens is 393 g/mol. The third-order valence-electron chi connectivity index (χ3n) is 5.18. The van der Waals surface area contributed by atoms with Crippen molar-refractivity contribution >= 4 is 27.3 Å². The normalized spacial score (nSPS) is 18.9. The lowest BCUT2D eigenvalue weighted by Crippen LogP contribution is -2.32. The Balaban J connectivity index is 1.78. The van der Waals surface area contributed by atoms with Crippen molar-refractivity contribution in [2.24, 2.45) is 0 Å². The van der Waals surface area contributed by atoms with E-state index >= 15 is 0 Å². The van der Waals surface area contributed by atoms with Gasteiger partial charge >= 0.3 is 6.18 Å². The maximum atomic E-state index is 13.2. The van der Waals surface area contributed by atoms with E-state index in [0.29, 0.717) is 24.9 Å². The molecule has 0 aromatic heterocycles. The summed E-state index contributed by atoms with van der Waals surface area (Å²) in [5.74, 6) is -0.565. The number of hydrogen-bond donors (Lipinski definition) is 1. The zero-order valence-corrected chi connectivity index (χ0v) is 15.7. The van der Waals surface area contributed by atoms with Gasteiger partial charge in [-0.1, -0.05) is 12.1 Å². The summed E-state index contributed by atoms with van der Waals surface area (Å²) in [7, 11) is -4.26. The van der Waals surface area contributed by atoms with E-state index in [2.05, 4.69) is 4.72 Å². The van der Waals surface area contributed by atoms with Crippen molar-refractivity contribution in [1.82, 2.24) is 0 Å². The van der Waals surface area contributed by atoms with E-state index in [9.17, 15) is 26.4 Å². The highest BCUT2D eigenvalue weighted by Crippen LogP contribution is 2.44. The lowest BCUT2D eigenvalue weighted by atomic mass is 9.97. The Morgan fingerprint density at radius 2 is 1.89 bits per heavy atom. The topological polar surface area (TPSA) is 66.5 Å². The molecule has 2 aliphatic heterocycles. The third kappa shape index (κ3) is 2.94. The van der Waals surface area contributed by atoms with E-state index in [1.807, 2.05) is 0 Å². The Labute approximate surface area is 160 Å². The Morgan fingerprint density at radius 3 is 2.61 bits per heavy atom. The third-order valence-corrected chi connectivity index (χ3v) is 6.52. The molecule has 2 aromatic rings. The number of halogens is 3. The van der Waals surface area contributed by atoms with Crippen molar-refractivity contribution in [3.63, 3.8) is 0 Å². The number of alkyl halides is 3. The zero-order chi connectivity index (χ0) is 20.3. The van der Waals surface area contributed by atoms with Crippen molar-refractivity contribution in [3.05, 3.63) is 53.1 Å². The number of nitrogens with zero attached hydrogens (tertiary/aromatic N) is 1. The van der Waals surface area contributed by atoms with Crippen molar-refractivity contribution in [2.75, 3.05) is 16.2 Å². The number of carbonyl (C=O) groups is 1. The molecule has 1 N–H and O–H groups in total. The highest BCUT2D eigenvalue weighted by molar-refractivity contribution is 7.92.